The summed E-state index contributed by atoms with van der Waals surface area (Å²) >= 11 is 0. The largest absolute Gasteiger partial charge is 0.469 e. The Hall–Kier alpha value is -3.27. The summed E-state index contributed by atoms with van der Waals surface area (Å²) in [6.07, 6.45) is -4.03. The quantitative estimate of drug-likeness (QED) is 0.319. The molecule has 2 bridgehead atoms. The first-order valence-corrected chi connectivity index (χ1v) is 12.0. The second-order valence-corrected chi connectivity index (χ2v) is 9.36. The summed E-state index contributed by atoms with van der Waals surface area (Å²) in [6, 6.07) is 14.1. The maximum absolute atomic E-state index is 13.5. The van der Waals surface area contributed by atoms with E-state index < -0.39 is 29.2 Å². The lowest BCUT2D eigenvalue weighted by Crippen LogP contribution is -2.63. The van der Waals surface area contributed by atoms with Gasteiger partial charge in [-0.05, 0) is 55.5 Å². The Bertz CT molecular complexity index is 1220. The fourth-order valence-electron chi connectivity index (χ4n) is 5.14. The van der Waals surface area contributed by atoms with Crippen LogP contribution in [0.3, 0.4) is 0 Å². The summed E-state index contributed by atoms with van der Waals surface area (Å²) in [7, 11) is 0. The average molecular weight is 522 g/mol. The Morgan fingerprint density at radius 1 is 0.811 bits per heavy atom. The van der Waals surface area contributed by atoms with Crippen molar-refractivity contribution in [2.75, 3.05) is 0 Å². The Labute approximate surface area is 209 Å². The van der Waals surface area contributed by atoms with Crippen LogP contribution in [0, 0.1) is 0 Å². The number of hydrogen-bond donors (Lipinski definition) is 0. The SMILES string of the molecule is FC(F)(F)c1ccc(ON2C3CCCC2(Oc2ccc(C(F)(F)F)cc2-c2ccccc2)CCC3)nc1. The van der Waals surface area contributed by atoms with Crippen LogP contribution in [0.25, 0.3) is 11.1 Å². The Morgan fingerprint density at radius 3 is 2.05 bits per heavy atom. The molecule has 0 aliphatic carbocycles. The van der Waals surface area contributed by atoms with Crippen molar-refractivity contribution in [1.29, 1.82) is 0 Å². The highest BCUT2D eigenvalue weighted by molar-refractivity contribution is 5.71. The van der Waals surface area contributed by atoms with Gasteiger partial charge in [-0.25, -0.2) is 4.98 Å². The highest BCUT2D eigenvalue weighted by atomic mass is 19.4. The summed E-state index contributed by atoms with van der Waals surface area (Å²) < 4.78 is 86.1. The van der Waals surface area contributed by atoms with Crippen molar-refractivity contribution in [3.05, 3.63) is 78.0 Å². The molecule has 2 saturated heterocycles. The van der Waals surface area contributed by atoms with Gasteiger partial charge in [0.2, 0.25) is 5.88 Å². The Balaban J connectivity index is 1.50. The monoisotopic (exact) mass is 522 g/mol. The zero-order valence-corrected chi connectivity index (χ0v) is 19.6. The highest BCUT2D eigenvalue weighted by Gasteiger charge is 2.51. The normalized spacial score (nSPS) is 22.5. The van der Waals surface area contributed by atoms with Crippen molar-refractivity contribution >= 4 is 0 Å². The predicted molar refractivity (Wildman–Crippen MR) is 123 cm³/mol. The smallest absolute Gasteiger partial charge is 0.417 e. The van der Waals surface area contributed by atoms with Crippen molar-refractivity contribution in [2.45, 2.75) is 62.6 Å². The molecule has 2 fully saturated rings. The third-order valence-electron chi connectivity index (χ3n) is 6.89. The summed E-state index contributed by atoms with van der Waals surface area (Å²) in [4.78, 5) is 9.88. The van der Waals surface area contributed by atoms with Gasteiger partial charge in [-0.2, -0.15) is 26.3 Å². The van der Waals surface area contributed by atoms with E-state index >= 15 is 0 Å². The molecule has 3 aromatic rings. The number of pyridine rings is 1. The summed E-state index contributed by atoms with van der Waals surface area (Å²) in [6.45, 7) is 0. The van der Waals surface area contributed by atoms with Gasteiger partial charge < -0.3 is 9.57 Å². The Morgan fingerprint density at radius 2 is 1.46 bits per heavy atom. The van der Waals surface area contributed by atoms with Gasteiger partial charge in [0.05, 0.1) is 17.2 Å². The maximum atomic E-state index is 13.5. The number of hydrogen-bond acceptors (Lipinski definition) is 4. The molecular formula is C27H24F6N2O2. The van der Waals surface area contributed by atoms with Gasteiger partial charge in [-0.1, -0.05) is 35.4 Å². The van der Waals surface area contributed by atoms with Gasteiger partial charge in [0.15, 0.2) is 5.72 Å². The Kier molecular flexibility index (Phi) is 6.55. The fourth-order valence-corrected chi connectivity index (χ4v) is 5.14. The molecule has 4 nitrogen and oxygen atoms in total. The van der Waals surface area contributed by atoms with Crippen LogP contribution >= 0.6 is 0 Å². The van der Waals surface area contributed by atoms with E-state index in [1.165, 1.54) is 6.07 Å². The minimum atomic E-state index is -4.52. The van der Waals surface area contributed by atoms with Gasteiger partial charge >= 0.3 is 12.4 Å². The molecule has 0 saturated carbocycles. The molecule has 2 aliphatic heterocycles. The fraction of sp³-hybridized carbons (Fsp3) is 0.370. The van der Waals surface area contributed by atoms with Crippen molar-refractivity contribution < 1.29 is 35.9 Å². The number of aromatic nitrogens is 1. The molecule has 0 atom stereocenters. The van der Waals surface area contributed by atoms with Crippen LogP contribution in [-0.2, 0) is 12.4 Å². The highest BCUT2D eigenvalue weighted by Crippen LogP contribution is 2.46. The second kappa shape index (κ2) is 9.55. The van der Waals surface area contributed by atoms with E-state index in [1.54, 1.807) is 35.4 Å². The van der Waals surface area contributed by atoms with Gasteiger partial charge in [0.1, 0.15) is 5.75 Å². The predicted octanol–water partition coefficient (Wildman–Crippen LogP) is 7.89. The average Bonchev–Trinajstić information content (AvgIpc) is 2.84. The number of nitrogens with zero attached hydrogens (tertiary/aromatic N) is 2. The molecule has 10 heteroatoms. The molecule has 0 N–H and O–H groups in total. The van der Waals surface area contributed by atoms with E-state index in [2.05, 4.69) is 4.98 Å². The molecule has 2 aromatic carbocycles. The second-order valence-electron chi connectivity index (χ2n) is 9.36. The number of alkyl halides is 6. The molecule has 2 aliphatic rings. The zero-order chi connectivity index (χ0) is 26.3. The van der Waals surface area contributed by atoms with E-state index in [9.17, 15) is 26.3 Å². The minimum Gasteiger partial charge on any atom is -0.469 e. The lowest BCUT2D eigenvalue weighted by atomic mass is 9.83. The number of benzene rings is 2. The van der Waals surface area contributed by atoms with E-state index in [1.807, 2.05) is 0 Å². The zero-order valence-electron chi connectivity index (χ0n) is 19.6. The molecule has 1 aromatic heterocycles. The number of rotatable bonds is 5. The van der Waals surface area contributed by atoms with Gasteiger partial charge in [0, 0.05) is 30.7 Å². The summed E-state index contributed by atoms with van der Waals surface area (Å²) in [5, 5.41) is 1.65. The number of hydroxylamine groups is 2. The minimum absolute atomic E-state index is 0.00882. The first-order valence-electron chi connectivity index (χ1n) is 12.0. The first kappa shape index (κ1) is 25.4. The van der Waals surface area contributed by atoms with Gasteiger partial charge in [-0.15, -0.1) is 0 Å². The standard InChI is InChI=1S/C27H24F6N2O2/c28-26(29,30)19-10-12-23(22(16-19)18-6-2-1-3-7-18)36-25-14-4-8-21(9-5-15-25)35(25)37-24-13-11-20(17-34-24)27(31,32)33/h1-3,6-7,10-13,16-17,21H,4-5,8-9,14-15H2. The number of halogens is 6. The third kappa shape index (κ3) is 5.25. The molecule has 0 amide bonds. The van der Waals surface area contributed by atoms with Gasteiger partial charge in [-0.3, -0.25) is 0 Å². The lowest BCUT2D eigenvalue weighted by molar-refractivity contribution is -0.287. The van der Waals surface area contributed by atoms with Crippen molar-refractivity contribution in [2.24, 2.45) is 0 Å². The van der Waals surface area contributed by atoms with E-state index in [-0.39, 0.29) is 17.7 Å². The number of ether oxygens (including phenoxy) is 1. The van der Waals surface area contributed by atoms with Gasteiger partial charge in [0.25, 0.3) is 0 Å². The number of piperidine rings is 2. The topological polar surface area (TPSA) is 34.6 Å². The molecule has 0 radical (unpaired) electrons. The molecule has 0 unspecified atom stereocenters. The van der Waals surface area contributed by atoms with E-state index in [4.69, 9.17) is 9.57 Å². The van der Waals surface area contributed by atoms with Crippen LogP contribution in [0.5, 0.6) is 11.6 Å². The molecule has 37 heavy (non-hydrogen) atoms. The van der Waals surface area contributed by atoms with Crippen LogP contribution in [0.15, 0.2) is 66.9 Å². The van der Waals surface area contributed by atoms with Crippen LogP contribution in [-0.4, -0.2) is 21.8 Å². The van der Waals surface area contributed by atoms with Crippen LogP contribution in [0.1, 0.15) is 49.7 Å². The van der Waals surface area contributed by atoms with Crippen LogP contribution in [0.2, 0.25) is 0 Å². The van der Waals surface area contributed by atoms with E-state index in [0.29, 0.717) is 30.2 Å². The van der Waals surface area contributed by atoms with Crippen LogP contribution < -0.4 is 9.57 Å². The summed E-state index contributed by atoms with van der Waals surface area (Å²) in [5.74, 6) is 0.265. The summed E-state index contributed by atoms with van der Waals surface area (Å²) in [5.41, 5.74) is -1.81. The lowest BCUT2D eigenvalue weighted by Gasteiger charge is -2.52. The number of fused-ring (bicyclic) bond motifs is 2. The van der Waals surface area contributed by atoms with Crippen LogP contribution in [0.4, 0.5) is 26.3 Å². The molecule has 3 heterocycles. The van der Waals surface area contributed by atoms with Crippen molar-refractivity contribution in [1.82, 2.24) is 10.0 Å². The molecule has 0 spiro atoms. The molecular weight excluding hydrogens is 498 g/mol. The van der Waals surface area contributed by atoms with E-state index in [0.717, 1.165) is 49.9 Å². The molecule has 5 rings (SSSR count). The van der Waals surface area contributed by atoms with Crippen molar-refractivity contribution in [3.8, 4) is 22.8 Å². The molecule has 196 valence electrons. The van der Waals surface area contributed by atoms with Crippen molar-refractivity contribution in [3.63, 3.8) is 0 Å². The third-order valence-corrected chi connectivity index (χ3v) is 6.89. The first-order chi connectivity index (χ1) is 17.6. The maximum Gasteiger partial charge on any atom is 0.417 e.